The molecule has 0 fully saturated rings. The first-order valence-electron chi connectivity index (χ1n) is 8.04. The van der Waals surface area contributed by atoms with Crippen LogP contribution in [-0.4, -0.2) is 18.1 Å². The molecule has 2 atom stereocenters. The second kappa shape index (κ2) is 9.07. The molecule has 0 spiro atoms. The van der Waals surface area contributed by atoms with Crippen molar-refractivity contribution >= 4 is 23.4 Å². The number of hydrogen-bond acceptors (Lipinski definition) is 4. The normalized spacial score (nSPS) is 14.7. The Hall–Kier alpha value is -1.55. The molecule has 2 aromatic carbocycles. The molecule has 0 aliphatic heterocycles. The molecule has 0 saturated heterocycles. The Morgan fingerprint density at radius 1 is 1.12 bits per heavy atom. The minimum atomic E-state index is -2.60. The highest BCUT2D eigenvalue weighted by atomic mass is 32.4. The van der Waals surface area contributed by atoms with E-state index >= 15 is 0 Å². The molecule has 0 aliphatic carbocycles. The van der Waals surface area contributed by atoms with Crippen molar-refractivity contribution in [1.29, 1.82) is 0 Å². The molecule has 4 nitrogen and oxygen atoms in total. The summed E-state index contributed by atoms with van der Waals surface area (Å²) in [6, 6.07) is 19.1. The van der Waals surface area contributed by atoms with Crippen LogP contribution in [0.2, 0.25) is 0 Å². The van der Waals surface area contributed by atoms with E-state index in [2.05, 4.69) is 6.92 Å². The van der Waals surface area contributed by atoms with Crippen molar-refractivity contribution in [3.05, 3.63) is 76.3 Å². The number of hydrogen-bond donors (Lipinski definition) is 0. The van der Waals surface area contributed by atoms with Crippen molar-refractivity contribution in [2.24, 2.45) is 0 Å². The number of unbranched alkanes of at least 4 members (excludes halogenated alkanes) is 1. The largest absolute Gasteiger partial charge is 0.345 e. The van der Waals surface area contributed by atoms with Crippen molar-refractivity contribution in [3.8, 4) is 0 Å². The lowest BCUT2D eigenvalue weighted by molar-refractivity contribution is -0.480. The summed E-state index contributed by atoms with van der Waals surface area (Å²) < 4.78 is 6.20. The first-order valence-corrected chi connectivity index (χ1v) is 10.8. The molecule has 6 heteroatoms. The Morgan fingerprint density at radius 3 is 2.25 bits per heavy atom. The van der Waals surface area contributed by atoms with Crippen molar-refractivity contribution in [3.63, 3.8) is 0 Å². The number of nitro groups is 1. The summed E-state index contributed by atoms with van der Waals surface area (Å²) in [6.07, 6.45) is -0.706. The fraction of sp³-hybridized carbons (Fsp3) is 0.333. The zero-order valence-electron chi connectivity index (χ0n) is 13.7. The summed E-state index contributed by atoms with van der Waals surface area (Å²) in [5.74, 6) is 0. The minimum absolute atomic E-state index is 0.220. The van der Waals surface area contributed by atoms with Crippen LogP contribution >= 0.6 is 6.26 Å². The molecule has 0 aliphatic rings. The molecule has 0 saturated carbocycles. The maximum atomic E-state index is 11.3. The van der Waals surface area contributed by atoms with Gasteiger partial charge in [-0.3, -0.25) is 10.1 Å². The Balaban J connectivity index is 2.48. The molecule has 128 valence electrons. The van der Waals surface area contributed by atoms with Gasteiger partial charge in [-0.25, -0.2) is 0 Å². The number of benzene rings is 2. The lowest BCUT2D eigenvalue weighted by atomic mass is 10.1. The van der Waals surface area contributed by atoms with Gasteiger partial charge in [-0.15, -0.1) is 0 Å². The van der Waals surface area contributed by atoms with Crippen LogP contribution in [0.1, 0.15) is 31.0 Å². The number of rotatable bonds is 9. The SMILES string of the molecule is CCCCOP(=S)(c1ccccc1)C(C[N+](=O)[O-])c1ccccc1. The zero-order chi connectivity index (χ0) is 17.4. The van der Waals surface area contributed by atoms with Gasteiger partial charge in [-0.05, 0) is 12.0 Å². The molecule has 2 rings (SSSR count). The van der Waals surface area contributed by atoms with Gasteiger partial charge in [0, 0.05) is 10.2 Å². The van der Waals surface area contributed by atoms with Crippen LogP contribution in [-0.2, 0) is 16.3 Å². The summed E-state index contributed by atoms with van der Waals surface area (Å²) in [4.78, 5) is 11.0. The van der Waals surface area contributed by atoms with Gasteiger partial charge < -0.3 is 4.52 Å². The maximum absolute atomic E-state index is 11.3. The van der Waals surface area contributed by atoms with Crippen LogP contribution in [0.15, 0.2) is 60.7 Å². The molecule has 0 amide bonds. The third-order valence-electron chi connectivity index (χ3n) is 3.81. The van der Waals surface area contributed by atoms with E-state index in [-0.39, 0.29) is 11.5 Å². The second-order valence-corrected chi connectivity index (χ2v) is 9.78. The fourth-order valence-corrected chi connectivity index (χ4v) is 6.29. The van der Waals surface area contributed by atoms with E-state index in [0.29, 0.717) is 6.61 Å². The summed E-state index contributed by atoms with van der Waals surface area (Å²) in [5, 5.41) is 12.2. The Labute approximate surface area is 148 Å². The predicted molar refractivity (Wildman–Crippen MR) is 102 cm³/mol. The monoisotopic (exact) mass is 363 g/mol. The van der Waals surface area contributed by atoms with E-state index in [0.717, 1.165) is 23.7 Å². The van der Waals surface area contributed by atoms with E-state index < -0.39 is 11.9 Å². The average Bonchev–Trinajstić information content (AvgIpc) is 2.61. The number of nitrogens with zero attached hydrogens (tertiary/aromatic N) is 1. The molecular formula is C18H22NO3PS. The lowest BCUT2D eigenvalue weighted by Crippen LogP contribution is -2.21. The highest BCUT2D eigenvalue weighted by Gasteiger charge is 2.36. The van der Waals surface area contributed by atoms with Crippen molar-refractivity contribution in [2.45, 2.75) is 25.4 Å². The van der Waals surface area contributed by atoms with Gasteiger partial charge in [0.15, 0.2) is 0 Å². The van der Waals surface area contributed by atoms with Gasteiger partial charge in [0.05, 0.1) is 6.61 Å². The Bertz CT molecular complexity index is 694. The van der Waals surface area contributed by atoms with Crippen molar-refractivity contribution in [2.75, 3.05) is 13.2 Å². The van der Waals surface area contributed by atoms with Gasteiger partial charge >= 0.3 is 0 Å². The third kappa shape index (κ3) is 4.73. The third-order valence-corrected chi connectivity index (χ3v) is 8.39. The first-order chi connectivity index (χ1) is 11.6. The Kier molecular flexibility index (Phi) is 7.10. The fourth-order valence-electron chi connectivity index (χ4n) is 2.55. The molecule has 2 aromatic rings. The topological polar surface area (TPSA) is 52.4 Å². The summed E-state index contributed by atoms with van der Waals surface area (Å²) in [5.41, 5.74) is 0.445. The van der Waals surface area contributed by atoms with E-state index in [1.54, 1.807) is 0 Å². The second-order valence-electron chi connectivity index (χ2n) is 5.56. The summed E-state index contributed by atoms with van der Waals surface area (Å²) in [6.45, 7) is 2.40. The quantitative estimate of drug-likeness (QED) is 0.284. The van der Waals surface area contributed by atoms with Crippen LogP contribution in [0.4, 0.5) is 0 Å². The molecule has 24 heavy (non-hydrogen) atoms. The molecular weight excluding hydrogens is 341 g/mol. The van der Waals surface area contributed by atoms with Crippen molar-refractivity contribution < 1.29 is 9.45 Å². The average molecular weight is 363 g/mol. The van der Waals surface area contributed by atoms with Gasteiger partial charge in [-0.1, -0.05) is 85.8 Å². The van der Waals surface area contributed by atoms with E-state index in [1.807, 2.05) is 60.7 Å². The molecule has 0 heterocycles. The molecule has 0 bridgehead atoms. The van der Waals surface area contributed by atoms with Crippen LogP contribution in [0.25, 0.3) is 0 Å². The van der Waals surface area contributed by atoms with E-state index in [1.165, 1.54) is 0 Å². The smallest absolute Gasteiger partial charge is 0.217 e. The van der Waals surface area contributed by atoms with Gasteiger partial charge in [0.2, 0.25) is 6.54 Å². The highest BCUT2D eigenvalue weighted by Crippen LogP contribution is 2.59. The summed E-state index contributed by atoms with van der Waals surface area (Å²) in [7, 11) is 0. The maximum Gasteiger partial charge on any atom is 0.217 e. The van der Waals surface area contributed by atoms with E-state index in [9.17, 15) is 10.1 Å². The standard InChI is InChI=1S/C18H22NO3PS/c1-2-3-14-22-23(24,17-12-8-5-9-13-17)18(15-19(20)21)16-10-6-4-7-11-16/h4-13,18H,2-3,14-15H2,1H3. The van der Waals surface area contributed by atoms with Crippen molar-refractivity contribution in [1.82, 2.24) is 0 Å². The molecule has 0 N–H and O–H groups in total. The van der Waals surface area contributed by atoms with E-state index in [4.69, 9.17) is 16.3 Å². The summed E-state index contributed by atoms with van der Waals surface area (Å²) >= 11 is 5.99. The van der Waals surface area contributed by atoms with Gasteiger partial charge in [0.1, 0.15) is 11.9 Å². The molecule has 0 aromatic heterocycles. The van der Waals surface area contributed by atoms with Gasteiger partial charge in [-0.2, -0.15) is 0 Å². The molecule has 0 radical (unpaired) electrons. The van der Waals surface area contributed by atoms with Crippen LogP contribution in [0.3, 0.4) is 0 Å². The predicted octanol–water partition coefficient (Wildman–Crippen LogP) is 4.54. The Morgan fingerprint density at radius 2 is 1.71 bits per heavy atom. The minimum Gasteiger partial charge on any atom is -0.345 e. The van der Waals surface area contributed by atoms with Gasteiger partial charge in [0.25, 0.3) is 0 Å². The van der Waals surface area contributed by atoms with Crippen LogP contribution in [0.5, 0.6) is 0 Å². The highest BCUT2D eigenvalue weighted by molar-refractivity contribution is 8.16. The van der Waals surface area contributed by atoms with Crippen LogP contribution in [0, 0.1) is 10.1 Å². The molecule has 2 unspecified atom stereocenters. The first kappa shape index (κ1) is 18.8. The zero-order valence-corrected chi connectivity index (χ0v) is 15.4. The lowest BCUT2D eigenvalue weighted by Gasteiger charge is -2.29. The van der Waals surface area contributed by atoms with Crippen LogP contribution < -0.4 is 5.30 Å².